The second kappa shape index (κ2) is 14.1. The highest BCUT2D eigenvalue weighted by atomic mass is 16.3. The molecule has 0 saturated carbocycles. The number of hydrogen-bond donors (Lipinski definition) is 1. The van der Waals surface area contributed by atoms with Crippen molar-refractivity contribution in [3.8, 4) is 5.75 Å². The summed E-state index contributed by atoms with van der Waals surface area (Å²) in [6.07, 6.45) is 19.0. The Morgan fingerprint density at radius 2 is 1.14 bits per heavy atom. The van der Waals surface area contributed by atoms with Crippen molar-refractivity contribution in [2.45, 2.75) is 26.7 Å². The van der Waals surface area contributed by atoms with E-state index in [0.717, 1.165) is 12.8 Å². The van der Waals surface area contributed by atoms with E-state index in [0.29, 0.717) is 5.75 Å². The average molecular weight is 282 g/mol. The van der Waals surface area contributed by atoms with Crippen molar-refractivity contribution in [3.05, 3.63) is 91.1 Å². The highest BCUT2D eigenvalue weighted by Gasteiger charge is 1.75. The highest BCUT2D eigenvalue weighted by Crippen LogP contribution is 2.02. The summed E-state index contributed by atoms with van der Waals surface area (Å²) in [5.41, 5.74) is 1.17. The van der Waals surface area contributed by atoms with Crippen LogP contribution in [0.15, 0.2) is 91.1 Å². The molecule has 1 N–H and O–H groups in total. The normalized spacial score (nSPS) is 12.5. The largest absolute Gasteiger partial charge is 0.508 e. The van der Waals surface area contributed by atoms with E-state index in [9.17, 15) is 0 Å². The van der Waals surface area contributed by atoms with Gasteiger partial charge in [-0.25, -0.2) is 0 Å². The van der Waals surface area contributed by atoms with Crippen molar-refractivity contribution in [1.29, 1.82) is 0 Å². The summed E-state index contributed by atoms with van der Waals surface area (Å²) in [6.45, 7) is 7.50. The van der Waals surface area contributed by atoms with Gasteiger partial charge in [0.2, 0.25) is 0 Å². The lowest BCUT2D eigenvalue weighted by Gasteiger charge is -1.82. The lowest BCUT2D eigenvalue weighted by atomic mass is 10.3. The molecule has 0 radical (unpaired) electrons. The molecule has 112 valence electrons. The molecule has 0 amide bonds. The fraction of sp³-hybridized carbons (Fsp3) is 0.200. The van der Waals surface area contributed by atoms with Crippen molar-refractivity contribution in [2.75, 3.05) is 0 Å². The molecule has 2 aliphatic rings. The predicted molar refractivity (Wildman–Crippen MR) is 94.4 cm³/mol. The van der Waals surface area contributed by atoms with Crippen LogP contribution in [-0.4, -0.2) is 5.11 Å². The number of allylic oxidation sites excluding steroid dienone is 9. The fourth-order valence-electron chi connectivity index (χ4n) is 1.21. The van der Waals surface area contributed by atoms with E-state index < -0.39 is 0 Å². The number of benzene rings is 1. The molecular weight excluding hydrogens is 256 g/mol. The molecule has 21 heavy (non-hydrogen) atoms. The summed E-state index contributed by atoms with van der Waals surface area (Å²) in [7, 11) is 0. The Bertz CT molecular complexity index is 430. The Kier molecular flexibility index (Phi) is 12.6. The van der Waals surface area contributed by atoms with E-state index in [1.807, 2.05) is 19.9 Å². The first kappa shape index (κ1) is 18.7. The molecule has 1 heteroatoms. The number of phenols is 1. The van der Waals surface area contributed by atoms with Crippen molar-refractivity contribution < 1.29 is 5.11 Å². The standard InChI is InChI=1S/C6H6O.2C5H6.C4H8/c7-6-4-2-1-3-5-6;2*1-2-4-5-3-1;1-4(2)3/h1-5,7H;2*1-4H,5H2;1H2,2-3H3. The van der Waals surface area contributed by atoms with Crippen LogP contribution >= 0.6 is 0 Å². The Balaban J connectivity index is 0.000000260. The molecule has 0 bridgehead atoms. The van der Waals surface area contributed by atoms with Crippen LogP contribution in [0.4, 0.5) is 0 Å². The van der Waals surface area contributed by atoms with Crippen molar-refractivity contribution >= 4 is 0 Å². The van der Waals surface area contributed by atoms with E-state index in [1.165, 1.54) is 5.57 Å². The van der Waals surface area contributed by atoms with Gasteiger partial charge in [0.25, 0.3) is 0 Å². The van der Waals surface area contributed by atoms with Crippen molar-refractivity contribution in [3.63, 3.8) is 0 Å². The molecule has 0 spiro atoms. The molecule has 0 aromatic heterocycles. The fourth-order valence-corrected chi connectivity index (χ4v) is 1.21. The van der Waals surface area contributed by atoms with E-state index in [4.69, 9.17) is 5.11 Å². The summed E-state index contributed by atoms with van der Waals surface area (Å²) in [5, 5.41) is 8.63. The van der Waals surface area contributed by atoms with Crippen molar-refractivity contribution in [1.82, 2.24) is 0 Å². The molecule has 0 heterocycles. The van der Waals surface area contributed by atoms with Gasteiger partial charge >= 0.3 is 0 Å². The van der Waals surface area contributed by atoms with Gasteiger partial charge in [-0.05, 0) is 38.8 Å². The summed E-state index contributed by atoms with van der Waals surface area (Å²) < 4.78 is 0. The van der Waals surface area contributed by atoms with Gasteiger partial charge in [-0.2, -0.15) is 0 Å². The zero-order chi connectivity index (χ0) is 15.8. The maximum atomic E-state index is 8.63. The van der Waals surface area contributed by atoms with Gasteiger partial charge in [0.1, 0.15) is 5.75 Å². The minimum Gasteiger partial charge on any atom is -0.508 e. The molecule has 1 aromatic rings. The first-order valence-corrected chi connectivity index (χ1v) is 7.12. The van der Waals surface area contributed by atoms with Crippen LogP contribution in [-0.2, 0) is 0 Å². The van der Waals surface area contributed by atoms with Crippen LogP contribution in [0, 0.1) is 0 Å². The van der Waals surface area contributed by atoms with Crippen LogP contribution in [0.25, 0.3) is 0 Å². The van der Waals surface area contributed by atoms with Crippen LogP contribution in [0.2, 0.25) is 0 Å². The lowest BCUT2D eigenvalue weighted by Crippen LogP contribution is -1.56. The molecule has 0 saturated heterocycles. The maximum absolute atomic E-state index is 8.63. The summed E-state index contributed by atoms with van der Waals surface area (Å²) in [4.78, 5) is 0. The molecule has 0 fully saturated rings. The minimum absolute atomic E-state index is 0.322. The summed E-state index contributed by atoms with van der Waals surface area (Å²) in [5.74, 6) is 0.322. The zero-order valence-corrected chi connectivity index (χ0v) is 13.1. The van der Waals surface area contributed by atoms with Gasteiger partial charge in [0.15, 0.2) is 0 Å². The second-order valence-electron chi connectivity index (χ2n) is 4.73. The van der Waals surface area contributed by atoms with E-state index >= 15 is 0 Å². The molecule has 0 aliphatic heterocycles. The van der Waals surface area contributed by atoms with Crippen LogP contribution < -0.4 is 0 Å². The van der Waals surface area contributed by atoms with Gasteiger partial charge in [-0.1, -0.05) is 72.4 Å². The monoisotopic (exact) mass is 282 g/mol. The van der Waals surface area contributed by atoms with Crippen molar-refractivity contribution in [2.24, 2.45) is 0 Å². The van der Waals surface area contributed by atoms with Gasteiger partial charge in [0.05, 0.1) is 0 Å². The van der Waals surface area contributed by atoms with E-state index in [1.54, 1.807) is 24.3 Å². The molecule has 1 aromatic carbocycles. The number of rotatable bonds is 0. The Labute approximate surface area is 129 Å². The predicted octanol–water partition coefficient (Wildman–Crippen LogP) is 5.98. The summed E-state index contributed by atoms with van der Waals surface area (Å²) >= 11 is 0. The third-order valence-corrected chi connectivity index (χ3v) is 2.07. The molecular formula is C20H26O. The van der Waals surface area contributed by atoms with Crippen LogP contribution in [0.5, 0.6) is 5.75 Å². The Morgan fingerprint density at radius 1 is 0.810 bits per heavy atom. The molecule has 2 aliphatic carbocycles. The zero-order valence-electron chi connectivity index (χ0n) is 13.1. The average Bonchev–Trinajstić information content (AvgIpc) is 3.18. The number of para-hydroxylation sites is 1. The van der Waals surface area contributed by atoms with Gasteiger partial charge < -0.3 is 5.11 Å². The van der Waals surface area contributed by atoms with Crippen LogP contribution in [0.1, 0.15) is 26.7 Å². The van der Waals surface area contributed by atoms with E-state index in [-0.39, 0.29) is 0 Å². The highest BCUT2D eigenvalue weighted by molar-refractivity contribution is 5.18. The smallest absolute Gasteiger partial charge is 0.115 e. The molecule has 0 atom stereocenters. The van der Waals surface area contributed by atoms with Gasteiger partial charge in [-0.3, -0.25) is 0 Å². The molecule has 3 rings (SSSR count). The Morgan fingerprint density at radius 3 is 1.29 bits per heavy atom. The molecule has 0 unspecified atom stereocenters. The topological polar surface area (TPSA) is 20.2 Å². The van der Waals surface area contributed by atoms with E-state index in [2.05, 4.69) is 55.2 Å². The first-order chi connectivity index (χ1) is 10.1. The van der Waals surface area contributed by atoms with Crippen LogP contribution in [0.3, 0.4) is 0 Å². The van der Waals surface area contributed by atoms with Gasteiger partial charge in [0, 0.05) is 0 Å². The SMILES string of the molecule is C1=CCC=C1.C1=CCC=C1.C=C(C)C.Oc1ccccc1. The maximum Gasteiger partial charge on any atom is 0.115 e. The Hall–Kier alpha value is -2.28. The number of hydrogen-bond acceptors (Lipinski definition) is 1. The minimum atomic E-state index is 0.322. The quantitative estimate of drug-likeness (QED) is 0.580. The summed E-state index contributed by atoms with van der Waals surface area (Å²) in [6, 6.07) is 8.71. The number of aromatic hydroxyl groups is 1. The molecule has 1 nitrogen and oxygen atoms in total. The third-order valence-electron chi connectivity index (χ3n) is 2.07. The lowest BCUT2D eigenvalue weighted by molar-refractivity contribution is 0.475. The number of phenolic OH excluding ortho intramolecular Hbond substituents is 1. The third kappa shape index (κ3) is 17.7. The second-order valence-corrected chi connectivity index (χ2v) is 4.73. The first-order valence-electron chi connectivity index (χ1n) is 7.12. The van der Waals surface area contributed by atoms with Gasteiger partial charge in [-0.15, -0.1) is 6.58 Å².